The first-order chi connectivity index (χ1) is 16.9. The maximum absolute atomic E-state index is 13.4. The number of amides is 2. The standard InChI is InChI=1S/C26H30FN5O3/c1-4-5-6-22-26(34)31-12-11-30(15-23(31)35-22)25(33)21-14-32-24(28-21)19(16(2)3)13-20(29-32)17-7-9-18(27)10-8-17/h7-10,13-14,16,22-23H,4-6,11-12,15H2,1-3H3. The third-order valence-corrected chi connectivity index (χ3v) is 6.76. The number of hydrogen-bond donors (Lipinski definition) is 0. The number of piperazine rings is 1. The highest BCUT2D eigenvalue weighted by molar-refractivity contribution is 5.93. The third kappa shape index (κ3) is 4.40. The van der Waals surface area contributed by atoms with E-state index < -0.39 is 12.3 Å². The lowest BCUT2D eigenvalue weighted by atomic mass is 10.0. The van der Waals surface area contributed by atoms with Gasteiger partial charge in [-0.1, -0.05) is 33.6 Å². The maximum atomic E-state index is 13.4. The fourth-order valence-corrected chi connectivity index (χ4v) is 4.77. The molecule has 2 aliphatic rings. The van der Waals surface area contributed by atoms with Gasteiger partial charge in [-0.15, -0.1) is 0 Å². The topological polar surface area (TPSA) is 80.0 Å². The number of imidazole rings is 1. The number of ether oxygens (including phenoxy) is 1. The summed E-state index contributed by atoms with van der Waals surface area (Å²) in [6, 6.07) is 8.13. The Hall–Kier alpha value is -3.33. The Morgan fingerprint density at radius 1 is 1.23 bits per heavy atom. The van der Waals surface area contributed by atoms with E-state index in [1.54, 1.807) is 32.6 Å². The largest absolute Gasteiger partial charge is 0.343 e. The number of hydrogen-bond acceptors (Lipinski definition) is 5. The summed E-state index contributed by atoms with van der Waals surface area (Å²) in [7, 11) is 0. The molecule has 2 amide bonds. The van der Waals surface area contributed by atoms with Crippen LogP contribution in [0.5, 0.6) is 0 Å². The van der Waals surface area contributed by atoms with Crippen LogP contribution >= 0.6 is 0 Å². The molecule has 2 unspecified atom stereocenters. The van der Waals surface area contributed by atoms with E-state index in [0.29, 0.717) is 43.1 Å². The van der Waals surface area contributed by atoms with Crippen molar-refractivity contribution in [2.24, 2.45) is 0 Å². The van der Waals surface area contributed by atoms with Crippen molar-refractivity contribution in [2.75, 3.05) is 19.6 Å². The highest BCUT2D eigenvalue weighted by Gasteiger charge is 2.44. The van der Waals surface area contributed by atoms with E-state index in [1.807, 2.05) is 6.07 Å². The minimum atomic E-state index is -0.409. The van der Waals surface area contributed by atoms with E-state index in [1.165, 1.54) is 12.1 Å². The average Bonchev–Trinajstić information content (AvgIpc) is 3.42. The lowest BCUT2D eigenvalue weighted by Gasteiger charge is -2.35. The average molecular weight is 480 g/mol. The summed E-state index contributed by atoms with van der Waals surface area (Å²) in [5.74, 6) is -0.339. The van der Waals surface area contributed by atoms with Crippen LogP contribution in [0.15, 0.2) is 36.5 Å². The van der Waals surface area contributed by atoms with Crippen LogP contribution in [0.3, 0.4) is 0 Å². The van der Waals surface area contributed by atoms with Crippen LogP contribution in [-0.4, -0.2) is 68.2 Å². The molecule has 0 N–H and O–H groups in total. The molecule has 2 aromatic heterocycles. The molecular weight excluding hydrogens is 449 g/mol. The number of carbonyl (C=O) groups is 2. The van der Waals surface area contributed by atoms with Crippen LogP contribution in [-0.2, 0) is 9.53 Å². The molecule has 1 aromatic carbocycles. The van der Waals surface area contributed by atoms with E-state index in [2.05, 4.69) is 30.9 Å². The molecule has 0 spiro atoms. The molecule has 0 radical (unpaired) electrons. The Bertz CT molecular complexity index is 1260. The van der Waals surface area contributed by atoms with Crippen molar-refractivity contribution < 1.29 is 18.7 Å². The number of nitrogens with zero attached hydrogens (tertiary/aromatic N) is 5. The second-order valence-corrected chi connectivity index (χ2v) is 9.55. The summed E-state index contributed by atoms with van der Waals surface area (Å²) in [6.45, 7) is 7.42. The maximum Gasteiger partial charge on any atom is 0.274 e. The van der Waals surface area contributed by atoms with E-state index in [0.717, 1.165) is 24.0 Å². The van der Waals surface area contributed by atoms with Gasteiger partial charge in [0.2, 0.25) is 0 Å². The number of halogens is 1. The van der Waals surface area contributed by atoms with Gasteiger partial charge in [-0.2, -0.15) is 5.10 Å². The number of fused-ring (bicyclic) bond motifs is 2. The van der Waals surface area contributed by atoms with Gasteiger partial charge in [0.15, 0.2) is 11.9 Å². The fraction of sp³-hybridized carbons (Fsp3) is 0.462. The minimum absolute atomic E-state index is 0.0300. The zero-order chi connectivity index (χ0) is 24.7. The van der Waals surface area contributed by atoms with Gasteiger partial charge in [-0.05, 0) is 42.7 Å². The molecule has 2 aliphatic heterocycles. The van der Waals surface area contributed by atoms with Crippen LogP contribution in [0.4, 0.5) is 4.39 Å². The summed E-state index contributed by atoms with van der Waals surface area (Å²) in [6.07, 6.45) is 3.48. The molecule has 4 heterocycles. The molecule has 9 heteroatoms. The van der Waals surface area contributed by atoms with Crippen molar-refractivity contribution in [3.05, 3.63) is 53.6 Å². The van der Waals surface area contributed by atoms with Crippen LogP contribution in [0.2, 0.25) is 0 Å². The van der Waals surface area contributed by atoms with Gasteiger partial charge >= 0.3 is 0 Å². The molecular formula is C26H30FN5O3. The summed E-state index contributed by atoms with van der Waals surface area (Å²) in [5.41, 5.74) is 3.35. The minimum Gasteiger partial charge on any atom is -0.343 e. The SMILES string of the molecule is CCCCC1OC2CN(C(=O)c3cn4nc(-c5ccc(F)cc5)cc(C(C)C)c4n3)CCN2C1=O. The van der Waals surface area contributed by atoms with Gasteiger partial charge in [-0.3, -0.25) is 9.59 Å². The van der Waals surface area contributed by atoms with Crippen molar-refractivity contribution in [3.63, 3.8) is 0 Å². The van der Waals surface area contributed by atoms with Crippen LogP contribution < -0.4 is 0 Å². The molecule has 2 saturated heterocycles. The summed E-state index contributed by atoms with van der Waals surface area (Å²) in [5, 5.41) is 4.65. The predicted octanol–water partition coefficient (Wildman–Crippen LogP) is 3.86. The van der Waals surface area contributed by atoms with Crippen LogP contribution in [0.1, 0.15) is 62.0 Å². The molecule has 0 aliphatic carbocycles. The summed E-state index contributed by atoms with van der Waals surface area (Å²) in [4.78, 5) is 34.1. The van der Waals surface area contributed by atoms with Gasteiger partial charge in [0, 0.05) is 24.2 Å². The monoisotopic (exact) mass is 479 g/mol. The van der Waals surface area contributed by atoms with Gasteiger partial charge in [0.1, 0.15) is 17.6 Å². The van der Waals surface area contributed by atoms with Gasteiger partial charge in [-0.25, -0.2) is 13.9 Å². The molecule has 8 nitrogen and oxygen atoms in total. The number of benzene rings is 1. The first-order valence-corrected chi connectivity index (χ1v) is 12.3. The highest BCUT2D eigenvalue weighted by atomic mass is 19.1. The van der Waals surface area contributed by atoms with Crippen molar-refractivity contribution >= 4 is 17.5 Å². The predicted molar refractivity (Wildman–Crippen MR) is 128 cm³/mol. The third-order valence-electron chi connectivity index (χ3n) is 6.76. The second-order valence-electron chi connectivity index (χ2n) is 9.55. The Kier molecular flexibility index (Phi) is 6.27. The van der Waals surface area contributed by atoms with E-state index >= 15 is 0 Å². The molecule has 184 valence electrons. The summed E-state index contributed by atoms with van der Waals surface area (Å²) >= 11 is 0. The quantitative estimate of drug-likeness (QED) is 0.537. The molecule has 5 rings (SSSR count). The Morgan fingerprint density at radius 2 is 2.00 bits per heavy atom. The van der Waals surface area contributed by atoms with Crippen molar-refractivity contribution in [1.82, 2.24) is 24.4 Å². The number of carbonyl (C=O) groups excluding carboxylic acids is 2. The van der Waals surface area contributed by atoms with E-state index in [9.17, 15) is 14.0 Å². The molecule has 35 heavy (non-hydrogen) atoms. The van der Waals surface area contributed by atoms with E-state index in [-0.39, 0.29) is 23.5 Å². The zero-order valence-electron chi connectivity index (χ0n) is 20.3. The first-order valence-electron chi connectivity index (χ1n) is 12.3. The Labute approximate surface area is 203 Å². The smallest absolute Gasteiger partial charge is 0.274 e. The zero-order valence-corrected chi connectivity index (χ0v) is 20.3. The van der Waals surface area contributed by atoms with Gasteiger partial charge in [0.05, 0.1) is 18.4 Å². The fourth-order valence-electron chi connectivity index (χ4n) is 4.77. The van der Waals surface area contributed by atoms with Crippen LogP contribution in [0, 0.1) is 5.82 Å². The lowest BCUT2D eigenvalue weighted by Crippen LogP contribution is -2.53. The summed E-state index contributed by atoms with van der Waals surface area (Å²) < 4.78 is 21.0. The van der Waals surface area contributed by atoms with E-state index in [4.69, 9.17) is 4.74 Å². The van der Waals surface area contributed by atoms with Crippen molar-refractivity contribution in [2.45, 2.75) is 58.3 Å². The molecule has 2 atom stereocenters. The second kappa shape index (κ2) is 9.37. The molecule has 0 saturated carbocycles. The molecule has 0 bridgehead atoms. The normalized spacial score (nSPS) is 20.2. The number of unbranched alkanes of at least 4 members (excludes halogenated alkanes) is 1. The van der Waals surface area contributed by atoms with Crippen molar-refractivity contribution in [1.29, 1.82) is 0 Å². The van der Waals surface area contributed by atoms with Crippen LogP contribution in [0.25, 0.3) is 16.9 Å². The Morgan fingerprint density at radius 3 is 2.71 bits per heavy atom. The number of rotatable bonds is 6. The first kappa shape index (κ1) is 23.4. The van der Waals surface area contributed by atoms with Gasteiger partial charge < -0.3 is 14.5 Å². The lowest BCUT2D eigenvalue weighted by molar-refractivity contribution is -0.131. The van der Waals surface area contributed by atoms with Crippen molar-refractivity contribution in [3.8, 4) is 11.3 Å². The van der Waals surface area contributed by atoms with Gasteiger partial charge in [0.25, 0.3) is 11.8 Å². The highest BCUT2D eigenvalue weighted by Crippen LogP contribution is 2.28. The molecule has 2 fully saturated rings. The Balaban J connectivity index is 1.40. The molecule has 3 aromatic rings. The number of aromatic nitrogens is 3.